The summed E-state index contributed by atoms with van der Waals surface area (Å²) in [7, 11) is 0. The summed E-state index contributed by atoms with van der Waals surface area (Å²) in [5.74, 6) is 0.709. The van der Waals surface area contributed by atoms with E-state index in [9.17, 15) is 9.59 Å². The smallest absolute Gasteiger partial charge is 0.272 e. The van der Waals surface area contributed by atoms with Gasteiger partial charge in [-0.15, -0.1) is 0 Å². The molecular weight excluding hydrogens is 416 g/mol. The summed E-state index contributed by atoms with van der Waals surface area (Å²) >= 11 is 0. The van der Waals surface area contributed by atoms with Gasteiger partial charge >= 0.3 is 0 Å². The number of carbonyl (C=O) groups is 2. The highest BCUT2D eigenvalue weighted by atomic mass is 16.2. The Morgan fingerprint density at radius 1 is 0.970 bits per heavy atom. The van der Waals surface area contributed by atoms with Crippen molar-refractivity contribution < 1.29 is 9.59 Å². The van der Waals surface area contributed by atoms with Crippen molar-refractivity contribution in [3.8, 4) is 0 Å². The number of hydrogen-bond donors (Lipinski definition) is 1. The Balaban J connectivity index is 1.15. The Kier molecular flexibility index (Phi) is 6.26. The molecule has 4 heterocycles. The third kappa shape index (κ3) is 4.85. The summed E-state index contributed by atoms with van der Waals surface area (Å²) in [5, 5.41) is 3.36. The maximum atomic E-state index is 13.1. The summed E-state index contributed by atoms with van der Waals surface area (Å²) in [4.78, 5) is 39.6. The van der Waals surface area contributed by atoms with E-state index in [-0.39, 0.29) is 17.9 Å². The third-order valence-corrected chi connectivity index (χ3v) is 7.30. The van der Waals surface area contributed by atoms with E-state index in [0.717, 1.165) is 58.4 Å². The SMILES string of the molecule is CC(=O)N1CC[C@@H](Nc2cc(C(=O)N3CCC(N4CCc5ccccc5C4)CC3)ncn2)C1. The molecule has 33 heavy (non-hydrogen) atoms. The number of benzene rings is 1. The maximum Gasteiger partial charge on any atom is 0.272 e. The first-order chi connectivity index (χ1) is 16.1. The number of likely N-dealkylation sites (tertiary alicyclic amines) is 2. The molecular formula is C25H32N6O2. The average molecular weight is 449 g/mol. The van der Waals surface area contributed by atoms with Crippen LogP contribution in [0.4, 0.5) is 5.82 Å². The number of nitrogens with zero attached hydrogens (tertiary/aromatic N) is 5. The normalized spacial score (nSPS) is 21.7. The first-order valence-electron chi connectivity index (χ1n) is 12.0. The van der Waals surface area contributed by atoms with Crippen LogP contribution in [-0.2, 0) is 17.8 Å². The van der Waals surface area contributed by atoms with Crippen LogP contribution in [0.25, 0.3) is 0 Å². The number of aromatic nitrogens is 2. The van der Waals surface area contributed by atoms with Crippen LogP contribution in [0.5, 0.6) is 0 Å². The second-order valence-electron chi connectivity index (χ2n) is 9.40. The largest absolute Gasteiger partial charge is 0.365 e. The zero-order chi connectivity index (χ0) is 22.8. The van der Waals surface area contributed by atoms with E-state index in [0.29, 0.717) is 24.1 Å². The molecule has 2 fully saturated rings. The molecule has 3 aliphatic heterocycles. The highest BCUT2D eigenvalue weighted by molar-refractivity contribution is 5.93. The number of fused-ring (bicyclic) bond motifs is 1. The van der Waals surface area contributed by atoms with Crippen molar-refractivity contribution >= 4 is 17.6 Å². The molecule has 1 aromatic carbocycles. The predicted octanol–water partition coefficient (Wildman–Crippen LogP) is 2.17. The van der Waals surface area contributed by atoms with Gasteiger partial charge in [-0.25, -0.2) is 9.97 Å². The van der Waals surface area contributed by atoms with Gasteiger partial charge in [-0.3, -0.25) is 14.5 Å². The first kappa shape index (κ1) is 21.8. The van der Waals surface area contributed by atoms with Gasteiger partial charge in [0.25, 0.3) is 5.91 Å². The van der Waals surface area contributed by atoms with Crippen molar-refractivity contribution in [2.45, 2.75) is 51.2 Å². The second kappa shape index (κ2) is 9.47. The van der Waals surface area contributed by atoms with Gasteiger partial charge < -0.3 is 15.1 Å². The van der Waals surface area contributed by atoms with E-state index in [2.05, 4.69) is 44.5 Å². The minimum atomic E-state index is -0.0281. The van der Waals surface area contributed by atoms with Crippen LogP contribution in [-0.4, -0.2) is 81.3 Å². The van der Waals surface area contributed by atoms with Gasteiger partial charge in [-0.2, -0.15) is 0 Å². The van der Waals surface area contributed by atoms with Crippen LogP contribution in [0.2, 0.25) is 0 Å². The van der Waals surface area contributed by atoms with Crippen LogP contribution < -0.4 is 5.32 Å². The van der Waals surface area contributed by atoms with Gasteiger partial charge in [0.15, 0.2) is 0 Å². The molecule has 5 rings (SSSR count). The standard InChI is InChI=1S/C25H32N6O2/c1-18(32)30-11-7-21(16-30)28-24-14-23(26-17-27-24)25(33)29-12-8-22(9-13-29)31-10-6-19-4-2-3-5-20(19)15-31/h2-5,14,17,21-22H,6-13,15-16H2,1H3,(H,26,27,28)/t21-/m1/s1. The van der Waals surface area contributed by atoms with Crippen molar-refractivity contribution in [3.63, 3.8) is 0 Å². The Morgan fingerprint density at radius 3 is 2.48 bits per heavy atom. The molecule has 0 unspecified atom stereocenters. The van der Waals surface area contributed by atoms with Gasteiger partial charge in [-0.1, -0.05) is 24.3 Å². The van der Waals surface area contributed by atoms with Gasteiger partial charge in [0, 0.05) is 64.3 Å². The molecule has 2 saturated heterocycles. The zero-order valence-electron chi connectivity index (χ0n) is 19.2. The molecule has 0 aliphatic carbocycles. The number of anilines is 1. The molecule has 1 N–H and O–H groups in total. The summed E-state index contributed by atoms with van der Waals surface area (Å²) in [6, 6.07) is 11.2. The van der Waals surface area contributed by atoms with E-state index >= 15 is 0 Å². The summed E-state index contributed by atoms with van der Waals surface area (Å²) in [6.07, 6.45) is 5.42. The van der Waals surface area contributed by atoms with Crippen molar-refractivity contribution in [1.29, 1.82) is 0 Å². The molecule has 0 bridgehead atoms. The molecule has 1 atom stereocenters. The molecule has 3 aliphatic rings. The average Bonchev–Trinajstić information content (AvgIpc) is 3.32. The summed E-state index contributed by atoms with van der Waals surface area (Å²) in [5.41, 5.74) is 3.34. The number of rotatable bonds is 4. The van der Waals surface area contributed by atoms with Crippen LogP contribution in [0.15, 0.2) is 36.7 Å². The quantitative estimate of drug-likeness (QED) is 0.772. The molecule has 1 aromatic heterocycles. The molecule has 2 aromatic rings. The zero-order valence-corrected chi connectivity index (χ0v) is 19.2. The predicted molar refractivity (Wildman–Crippen MR) is 126 cm³/mol. The lowest BCUT2D eigenvalue weighted by Crippen LogP contribution is -2.48. The van der Waals surface area contributed by atoms with Crippen molar-refractivity contribution in [2.75, 3.05) is 38.0 Å². The van der Waals surface area contributed by atoms with E-state index in [1.807, 2.05) is 9.80 Å². The molecule has 0 spiro atoms. The molecule has 0 radical (unpaired) electrons. The minimum Gasteiger partial charge on any atom is -0.365 e. The third-order valence-electron chi connectivity index (χ3n) is 7.30. The Hall–Kier alpha value is -3.00. The number of amides is 2. The van der Waals surface area contributed by atoms with Crippen LogP contribution in [0.1, 0.15) is 47.8 Å². The van der Waals surface area contributed by atoms with Gasteiger partial charge in [0.1, 0.15) is 17.8 Å². The van der Waals surface area contributed by atoms with Crippen LogP contribution in [0, 0.1) is 0 Å². The Morgan fingerprint density at radius 2 is 1.73 bits per heavy atom. The highest BCUT2D eigenvalue weighted by Gasteiger charge is 2.30. The van der Waals surface area contributed by atoms with Crippen molar-refractivity contribution in [1.82, 2.24) is 24.7 Å². The molecule has 174 valence electrons. The molecule has 8 nitrogen and oxygen atoms in total. The number of piperidine rings is 1. The second-order valence-corrected chi connectivity index (χ2v) is 9.40. The van der Waals surface area contributed by atoms with Gasteiger partial charge in [-0.05, 0) is 36.8 Å². The minimum absolute atomic E-state index is 0.0281. The van der Waals surface area contributed by atoms with E-state index < -0.39 is 0 Å². The lowest BCUT2D eigenvalue weighted by atomic mass is 9.95. The fraction of sp³-hybridized carbons (Fsp3) is 0.520. The first-order valence-corrected chi connectivity index (χ1v) is 12.0. The Labute approximate surface area is 195 Å². The van der Waals surface area contributed by atoms with Gasteiger partial charge in [0.05, 0.1) is 0 Å². The van der Waals surface area contributed by atoms with E-state index in [4.69, 9.17) is 0 Å². The van der Waals surface area contributed by atoms with E-state index in [1.165, 1.54) is 17.5 Å². The van der Waals surface area contributed by atoms with Crippen molar-refractivity contribution in [2.24, 2.45) is 0 Å². The van der Waals surface area contributed by atoms with Crippen LogP contribution in [0.3, 0.4) is 0 Å². The summed E-state index contributed by atoms with van der Waals surface area (Å²) in [6.45, 7) is 6.63. The molecule has 8 heteroatoms. The summed E-state index contributed by atoms with van der Waals surface area (Å²) < 4.78 is 0. The van der Waals surface area contributed by atoms with Crippen molar-refractivity contribution in [3.05, 3.63) is 53.5 Å². The molecule has 0 saturated carbocycles. The van der Waals surface area contributed by atoms with E-state index in [1.54, 1.807) is 13.0 Å². The lowest BCUT2D eigenvalue weighted by Gasteiger charge is -2.40. The fourth-order valence-corrected chi connectivity index (χ4v) is 5.35. The van der Waals surface area contributed by atoms with Crippen LogP contribution >= 0.6 is 0 Å². The molecule has 2 amide bonds. The maximum absolute atomic E-state index is 13.1. The Bertz CT molecular complexity index is 1020. The number of nitrogens with one attached hydrogen (secondary N) is 1. The lowest BCUT2D eigenvalue weighted by molar-refractivity contribution is -0.127. The monoisotopic (exact) mass is 448 g/mol. The highest BCUT2D eigenvalue weighted by Crippen LogP contribution is 2.25. The fourth-order valence-electron chi connectivity index (χ4n) is 5.35. The number of carbonyl (C=O) groups excluding carboxylic acids is 2. The number of hydrogen-bond acceptors (Lipinski definition) is 6. The topological polar surface area (TPSA) is 81.7 Å². The van der Waals surface area contributed by atoms with Gasteiger partial charge in [0.2, 0.25) is 5.91 Å².